The number of benzene rings is 1. The fraction of sp³-hybridized carbons (Fsp3) is 0.500. The highest BCUT2D eigenvalue weighted by atomic mass is 35.5. The minimum atomic E-state index is 0.333. The second-order valence-corrected chi connectivity index (χ2v) is 5.16. The Morgan fingerprint density at radius 1 is 1.38 bits per heavy atom. The second kappa shape index (κ2) is 2.75. The molecule has 0 saturated heterocycles. The molecular formula is C12H15Cl. The van der Waals surface area contributed by atoms with Gasteiger partial charge in [-0.25, -0.2) is 0 Å². The van der Waals surface area contributed by atoms with Crippen LogP contribution in [0.25, 0.3) is 0 Å². The molecule has 13 heavy (non-hydrogen) atoms. The van der Waals surface area contributed by atoms with Crippen molar-refractivity contribution in [2.75, 3.05) is 0 Å². The minimum absolute atomic E-state index is 0.333. The van der Waals surface area contributed by atoms with Gasteiger partial charge in [0.25, 0.3) is 0 Å². The molecule has 1 atom stereocenters. The predicted octanol–water partition coefficient (Wildman–Crippen LogP) is 4.12. The Kier molecular flexibility index (Phi) is 1.92. The topological polar surface area (TPSA) is 0 Å². The summed E-state index contributed by atoms with van der Waals surface area (Å²) in [6.45, 7) is 6.90. The van der Waals surface area contributed by atoms with Crippen LogP contribution in [-0.2, 0) is 5.41 Å². The molecule has 1 aliphatic rings. The van der Waals surface area contributed by atoms with Crippen molar-refractivity contribution in [3.8, 4) is 0 Å². The third-order valence-corrected chi connectivity index (χ3v) is 3.33. The number of fused-ring (bicyclic) bond motifs is 1. The summed E-state index contributed by atoms with van der Waals surface area (Å²) >= 11 is 5.98. The summed E-state index contributed by atoms with van der Waals surface area (Å²) in [5.41, 5.74) is 3.25. The second-order valence-electron chi connectivity index (χ2n) is 4.72. The molecule has 2 rings (SSSR count). The van der Waals surface area contributed by atoms with Crippen LogP contribution in [0.1, 0.15) is 44.2 Å². The smallest absolute Gasteiger partial charge is 0.0409 e. The molecule has 0 nitrogen and oxygen atoms in total. The van der Waals surface area contributed by atoms with E-state index in [2.05, 4.69) is 32.9 Å². The number of hydrogen-bond donors (Lipinski definition) is 0. The van der Waals surface area contributed by atoms with Crippen LogP contribution in [0.3, 0.4) is 0 Å². The van der Waals surface area contributed by atoms with Gasteiger partial charge in [-0.05, 0) is 41.0 Å². The molecule has 1 aromatic rings. The van der Waals surface area contributed by atoms with Gasteiger partial charge < -0.3 is 0 Å². The van der Waals surface area contributed by atoms with Gasteiger partial charge in [-0.1, -0.05) is 38.4 Å². The first kappa shape index (κ1) is 9.08. The van der Waals surface area contributed by atoms with Crippen molar-refractivity contribution in [3.63, 3.8) is 0 Å². The molecule has 0 bridgehead atoms. The Labute approximate surface area is 84.9 Å². The summed E-state index contributed by atoms with van der Waals surface area (Å²) in [4.78, 5) is 0. The van der Waals surface area contributed by atoms with E-state index in [1.54, 1.807) is 0 Å². The van der Waals surface area contributed by atoms with Crippen LogP contribution in [-0.4, -0.2) is 0 Å². The van der Waals surface area contributed by atoms with Gasteiger partial charge in [0.1, 0.15) is 0 Å². The molecule has 1 aromatic carbocycles. The van der Waals surface area contributed by atoms with E-state index in [1.807, 2.05) is 6.07 Å². The highest BCUT2D eigenvalue weighted by Crippen LogP contribution is 2.45. The lowest BCUT2D eigenvalue weighted by molar-refractivity contribution is 0.489. The van der Waals surface area contributed by atoms with E-state index < -0.39 is 0 Å². The van der Waals surface area contributed by atoms with Crippen molar-refractivity contribution >= 4 is 11.6 Å². The van der Waals surface area contributed by atoms with Gasteiger partial charge in [-0.3, -0.25) is 0 Å². The highest BCUT2D eigenvalue weighted by molar-refractivity contribution is 6.30. The Bertz CT molecular complexity index is 339. The Morgan fingerprint density at radius 3 is 2.77 bits per heavy atom. The normalized spacial score (nSPS) is 24.5. The summed E-state index contributed by atoms with van der Waals surface area (Å²) in [5, 5.41) is 0.864. The molecule has 1 heteroatoms. The zero-order chi connectivity index (χ0) is 9.64. The van der Waals surface area contributed by atoms with Crippen molar-refractivity contribution in [1.82, 2.24) is 0 Å². The zero-order valence-corrected chi connectivity index (χ0v) is 9.15. The molecule has 1 unspecified atom stereocenters. The SMILES string of the molecule is CC1CC(C)(C)c2ccc(Cl)cc21. The largest absolute Gasteiger partial charge is 0.0843 e. The zero-order valence-electron chi connectivity index (χ0n) is 8.39. The maximum atomic E-state index is 5.98. The summed E-state index contributed by atoms with van der Waals surface area (Å²) < 4.78 is 0. The first-order valence-corrected chi connectivity index (χ1v) is 5.18. The van der Waals surface area contributed by atoms with Crippen molar-refractivity contribution in [2.24, 2.45) is 0 Å². The van der Waals surface area contributed by atoms with Crippen molar-refractivity contribution in [2.45, 2.75) is 38.5 Å². The summed E-state index contributed by atoms with van der Waals surface area (Å²) in [6.07, 6.45) is 1.24. The van der Waals surface area contributed by atoms with Gasteiger partial charge in [0.05, 0.1) is 0 Å². The Hall–Kier alpha value is -0.490. The standard InChI is InChI=1S/C12H15Cl/c1-8-7-12(2,3)11-5-4-9(13)6-10(8)11/h4-6,8H,7H2,1-3H3. The van der Waals surface area contributed by atoms with Crippen molar-refractivity contribution in [1.29, 1.82) is 0 Å². The number of halogens is 1. The van der Waals surface area contributed by atoms with E-state index in [0.29, 0.717) is 11.3 Å². The predicted molar refractivity (Wildman–Crippen MR) is 57.5 cm³/mol. The van der Waals surface area contributed by atoms with Gasteiger partial charge >= 0.3 is 0 Å². The Balaban J connectivity index is 2.59. The molecule has 0 saturated carbocycles. The lowest BCUT2D eigenvalue weighted by atomic mass is 9.86. The molecule has 0 spiro atoms. The van der Waals surface area contributed by atoms with Gasteiger partial charge in [-0.2, -0.15) is 0 Å². The molecular weight excluding hydrogens is 180 g/mol. The van der Waals surface area contributed by atoms with Crippen LogP contribution in [0, 0.1) is 0 Å². The molecule has 0 fully saturated rings. The molecule has 0 N–H and O–H groups in total. The quantitative estimate of drug-likeness (QED) is 0.583. The van der Waals surface area contributed by atoms with Crippen LogP contribution in [0.5, 0.6) is 0 Å². The summed E-state index contributed by atoms with van der Waals surface area (Å²) in [7, 11) is 0. The summed E-state index contributed by atoms with van der Waals surface area (Å²) in [5.74, 6) is 0.656. The maximum absolute atomic E-state index is 5.98. The average molecular weight is 195 g/mol. The van der Waals surface area contributed by atoms with Crippen LogP contribution in [0.4, 0.5) is 0 Å². The third-order valence-electron chi connectivity index (χ3n) is 3.09. The highest BCUT2D eigenvalue weighted by Gasteiger charge is 2.34. The van der Waals surface area contributed by atoms with Gasteiger partial charge in [0.15, 0.2) is 0 Å². The molecule has 0 aromatic heterocycles. The number of rotatable bonds is 0. The molecule has 0 radical (unpaired) electrons. The van der Waals surface area contributed by atoms with Crippen LogP contribution >= 0.6 is 11.6 Å². The van der Waals surface area contributed by atoms with E-state index in [1.165, 1.54) is 17.5 Å². The first-order chi connectivity index (χ1) is 6.00. The van der Waals surface area contributed by atoms with Gasteiger partial charge in [0, 0.05) is 5.02 Å². The van der Waals surface area contributed by atoms with E-state index >= 15 is 0 Å². The molecule has 0 heterocycles. The van der Waals surface area contributed by atoms with Gasteiger partial charge in [-0.15, -0.1) is 0 Å². The van der Waals surface area contributed by atoms with E-state index in [4.69, 9.17) is 11.6 Å². The fourth-order valence-corrected chi connectivity index (χ4v) is 2.72. The maximum Gasteiger partial charge on any atom is 0.0409 e. The Morgan fingerprint density at radius 2 is 2.08 bits per heavy atom. The van der Waals surface area contributed by atoms with Gasteiger partial charge in [0.2, 0.25) is 0 Å². The molecule has 0 amide bonds. The molecule has 1 aliphatic carbocycles. The fourth-order valence-electron chi connectivity index (χ4n) is 2.54. The lowest BCUT2D eigenvalue weighted by Gasteiger charge is -2.18. The minimum Gasteiger partial charge on any atom is -0.0843 e. The van der Waals surface area contributed by atoms with Crippen LogP contribution in [0.2, 0.25) is 5.02 Å². The third kappa shape index (κ3) is 1.38. The van der Waals surface area contributed by atoms with Crippen molar-refractivity contribution < 1.29 is 0 Å². The monoisotopic (exact) mass is 194 g/mol. The lowest BCUT2D eigenvalue weighted by Crippen LogP contribution is -2.11. The summed E-state index contributed by atoms with van der Waals surface area (Å²) in [6, 6.07) is 6.30. The average Bonchev–Trinajstić information content (AvgIpc) is 2.22. The molecule has 70 valence electrons. The van der Waals surface area contributed by atoms with Crippen LogP contribution in [0.15, 0.2) is 18.2 Å². The van der Waals surface area contributed by atoms with E-state index in [-0.39, 0.29) is 0 Å². The van der Waals surface area contributed by atoms with E-state index in [0.717, 1.165) is 5.02 Å². The number of hydrogen-bond acceptors (Lipinski definition) is 0. The van der Waals surface area contributed by atoms with E-state index in [9.17, 15) is 0 Å². The first-order valence-electron chi connectivity index (χ1n) is 4.80. The molecule has 0 aliphatic heterocycles. The van der Waals surface area contributed by atoms with Crippen LogP contribution < -0.4 is 0 Å². The van der Waals surface area contributed by atoms with Crippen molar-refractivity contribution in [3.05, 3.63) is 34.3 Å².